The van der Waals surface area contributed by atoms with Crippen molar-refractivity contribution in [1.29, 1.82) is 0 Å². The lowest BCUT2D eigenvalue weighted by molar-refractivity contribution is -0.144. The van der Waals surface area contributed by atoms with Gasteiger partial charge in [-0.15, -0.1) is 0 Å². The van der Waals surface area contributed by atoms with E-state index in [1.807, 2.05) is 25.1 Å². The number of likely N-dealkylation sites (tertiary alicyclic amines) is 1. The number of hydrogen-bond acceptors (Lipinski definition) is 5. The molecule has 0 spiro atoms. The van der Waals surface area contributed by atoms with Gasteiger partial charge in [0.1, 0.15) is 0 Å². The van der Waals surface area contributed by atoms with Crippen LogP contribution < -0.4 is 0 Å². The molecule has 1 aliphatic heterocycles. The molecule has 1 heterocycles. The molecule has 0 radical (unpaired) electrons. The first kappa shape index (κ1) is 24.1. The SMILES string of the molecule is CCOC(=O)C[C@@H]1[C@@H](CO)CN(Cc2ccccc2)[C@H]1CO[Si](C)(C)C(C)(C)C. The van der Waals surface area contributed by atoms with Crippen molar-refractivity contribution in [3.05, 3.63) is 35.9 Å². The van der Waals surface area contributed by atoms with Gasteiger partial charge in [-0.3, -0.25) is 9.69 Å². The van der Waals surface area contributed by atoms with Crippen molar-refractivity contribution >= 4 is 14.3 Å². The highest BCUT2D eigenvalue weighted by atomic mass is 28.4. The van der Waals surface area contributed by atoms with E-state index < -0.39 is 8.32 Å². The van der Waals surface area contributed by atoms with Crippen LogP contribution in [0.5, 0.6) is 0 Å². The number of aliphatic hydroxyl groups excluding tert-OH is 1. The van der Waals surface area contributed by atoms with Crippen molar-refractivity contribution in [3.8, 4) is 0 Å². The number of carbonyl (C=O) groups excluding carboxylic acids is 1. The lowest BCUT2D eigenvalue weighted by atomic mass is 9.88. The van der Waals surface area contributed by atoms with Crippen LogP contribution in [0.25, 0.3) is 0 Å². The van der Waals surface area contributed by atoms with Gasteiger partial charge in [-0.25, -0.2) is 0 Å². The zero-order chi connectivity index (χ0) is 21.7. The number of benzene rings is 1. The Labute approximate surface area is 177 Å². The Kier molecular flexibility index (Phi) is 8.46. The van der Waals surface area contributed by atoms with Crippen molar-refractivity contribution in [2.75, 3.05) is 26.4 Å². The molecule has 1 fully saturated rings. The standard InChI is InChI=1S/C23H39NO4Si/c1-7-27-22(26)13-20-19(16-25)15-24(14-18-11-9-8-10-12-18)21(20)17-28-29(5,6)23(2,3)4/h8-12,19-21,25H,7,13-17H2,1-6H3/t19-,20-,21+/m1/s1. The number of carbonyl (C=O) groups is 1. The Morgan fingerprint density at radius 1 is 1.24 bits per heavy atom. The summed E-state index contributed by atoms with van der Waals surface area (Å²) in [5, 5.41) is 10.2. The molecule has 1 saturated heterocycles. The molecule has 1 aromatic carbocycles. The Bertz CT molecular complexity index is 644. The number of esters is 1. The van der Waals surface area contributed by atoms with Gasteiger partial charge in [0.25, 0.3) is 0 Å². The minimum atomic E-state index is -1.92. The topological polar surface area (TPSA) is 59.0 Å². The molecule has 29 heavy (non-hydrogen) atoms. The van der Waals surface area contributed by atoms with Gasteiger partial charge < -0.3 is 14.3 Å². The van der Waals surface area contributed by atoms with E-state index >= 15 is 0 Å². The molecule has 6 heteroatoms. The van der Waals surface area contributed by atoms with Crippen LogP contribution in [0.15, 0.2) is 30.3 Å². The monoisotopic (exact) mass is 421 g/mol. The van der Waals surface area contributed by atoms with Gasteiger partial charge in [0, 0.05) is 32.3 Å². The highest BCUT2D eigenvalue weighted by Gasteiger charge is 2.45. The van der Waals surface area contributed by atoms with Crippen molar-refractivity contribution in [2.24, 2.45) is 11.8 Å². The maximum atomic E-state index is 12.3. The Morgan fingerprint density at radius 3 is 2.45 bits per heavy atom. The molecule has 0 bridgehead atoms. The summed E-state index contributed by atoms with van der Waals surface area (Å²) in [5.74, 6) is -0.0986. The Morgan fingerprint density at radius 2 is 1.90 bits per heavy atom. The molecule has 2 rings (SSSR count). The quantitative estimate of drug-likeness (QED) is 0.481. The van der Waals surface area contributed by atoms with Crippen LogP contribution in [-0.2, 0) is 20.5 Å². The van der Waals surface area contributed by atoms with E-state index in [1.54, 1.807) is 0 Å². The first-order valence-electron chi connectivity index (χ1n) is 10.8. The predicted octanol–water partition coefficient (Wildman–Crippen LogP) is 4.07. The summed E-state index contributed by atoms with van der Waals surface area (Å²) < 4.78 is 11.8. The first-order chi connectivity index (χ1) is 13.6. The van der Waals surface area contributed by atoms with Crippen molar-refractivity contribution in [2.45, 2.75) is 64.8 Å². The van der Waals surface area contributed by atoms with E-state index in [0.717, 1.165) is 13.1 Å². The fourth-order valence-corrected chi connectivity index (χ4v) is 4.82. The first-order valence-corrected chi connectivity index (χ1v) is 13.7. The average Bonchev–Trinajstić information content (AvgIpc) is 2.96. The van der Waals surface area contributed by atoms with E-state index in [4.69, 9.17) is 9.16 Å². The summed E-state index contributed by atoms with van der Waals surface area (Å²) in [6.45, 7) is 15.7. The zero-order valence-corrected chi connectivity index (χ0v) is 20.0. The summed E-state index contributed by atoms with van der Waals surface area (Å²) in [7, 11) is -1.92. The lowest BCUT2D eigenvalue weighted by Gasteiger charge is -2.39. The second kappa shape index (κ2) is 10.2. The fourth-order valence-electron chi connectivity index (χ4n) is 3.80. The maximum absolute atomic E-state index is 12.3. The predicted molar refractivity (Wildman–Crippen MR) is 119 cm³/mol. The zero-order valence-electron chi connectivity index (χ0n) is 19.0. The van der Waals surface area contributed by atoms with Crippen LogP contribution in [0, 0.1) is 11.8 Å². The van der Waals surface area contributed by atoms with Crippen LogP contribution in [-0.4, -0.2) is 56.7 Å². The number of hydrogen-bond donors (Lipinski definition) is 1. The fraction of sp³-hybridized carbons (Fsp3) is 0.696. The molecular weight excluding hydrogens is 382 g/mol. The van der Waals surface area contributed by atoms with Crippen molar-refractivity contribution < 1.29 is 19.1 Å². The summed E-state index contributed by atoms with van der Waals surface area (Å²) in [6.07, 6.45) is 0.329. The number of aliphatic hydroxyl groups is 1. The third-order valence-electron chi connectivity index (χ3n) is 6.63. The molecule has 1 N–H and O–H groups in total. The average molecular weight is 422 g/mol. The van der Waals surface area contributed by atoms with Gasteiger partial charge in [-0.05, 0) is 42.5 Å². The third-order valence-corrected chi connectivity index (χ3v) is 11.1. The Balaban J connectivity index is 2.22. The summed E-state index contributed by atoms with van der Waals surface area (Å²) in [4.78, 5) is 14.7. The molecular formula is C23H39NO4Si. The minimum Gasteiger partial charge on any atom is -0.466 e. The summed E-state index contributed by atoms with van der Waals surface area (Å²) >= 11 is 0. The smallest absolute Gasteiger partial charge is 0.306 e. The molecule has 1 aliphatic rings. The Hall–Kier alpha value is -1.21. The second-order valence-electron chi connectivity index (χ2n) is 9.67. The van der Waals surface area contributed by atoms with Crippen LogP contribution in [0.3, 0.4) is 0 Å². The van der Waals surface area contributed by atoms with Crippen molar-refractivity contribution in [1.82, 2.24) is 4.90 Å². The second-order valence-corrected chi connectivity index (χ2v) is 14.5. The number of rotatable bonds is 9. The third kappa shape index (κ3) is 6.38. The van der Waals surface area contributed by atoms with Crippen molar-refractivity contribution in [3.63, 3.8) is 0 Å². The van der Waals surface area contributed by atoms with E-state index in [2.05, 4.69) is 50.9 Å². The normalized spacial score (nSPS) is 23.3. The van der Waals surface area contributed by atoms with E-state index in [1.165, 1.54) is 5.56 Å². The summed E-state index contributed by atoms with van der Waals surface area (Å²) in [6, 6.07) is 10.5. The van der Waals surface area contributed by atoms with E-state index in [-0.39, 0.29) is 35.5 Å². The van der Waals surface area contributed by atoms with Gasteiger partial charge in [-0.2, -0.15) is 0 Å². The van der Waals surface area contributed by atoms with Crippen LogP contribution in [0.4, 0.5) is 0 Å². The number of nitrogens with zero attached hydrogens (tertiary/aromatic N) is 1. The molecule has 1 aromatic rings. The highest BCUT2D eigenvalue weighted by molar-refractivity contribution is 6.74. The molecule has 5 nitrogen and oxygen atoms in total. The maximum Gasteiger partial charge on any atom is 0.306 e. The van der Waals surface area contributed by atoms with Gasteiger partial charge in [0.15, 0.2) is 8.32 Å². The summed E-state index contributed by atoms with van der Waals surface area (Å²) in [5.41, 5.74) is 1.23. The van der Waals surface area contributed by atoms with Gasteiger partial charge in [0.05, 0.1) is 13.0 Å². The molecule has 0 amide bonds. The van der Waals surface area contributed by atoms with Gasteiger partial charge >= 0.3 is 5.97 Å². The minimum absolute atomic E-state index is 0.0348. The molecule has 0 unspecified atom stereocenters. The van der Waals surface area contributed by atoms with Crippen LogP contribution >= 0.6 is 0 Å². The number of ether oxygens (including phenoxy) is 1. The molecule has 164 valence electrons. The molecule has 0 saturated carbocycles. The van der Waals surface area contributed by atoms with Crippen LogP contribution in [0.2, 0.25) is 18.1 Å². The largest absolute Gasteiger partial charge is 0.466 e. The lowest BCUT2D eigenvalue weighted by Crippen LogP contribution is -2.46. The molecule has 3 atom stereocenters. The van der Waals surface area contributed by atoms with E-state index in [9.17, 15) is 9.90 Å². The van der Waals surface area contributed by atoms with E-state index in [0.29, 0.717) is 19.6 Å². The highest BCUT2D eigenvalue weighted by Crippen LogP contribution is 2.39. The van der Waals surface area contributed by atoms with Gasteiger partial charge in [0.2, 0.25) is 0 Å². The molecule has 0 aliphatic carbocycles. The van der Waals surface area contributed by atoms with Gasteiger partial charge in [-0.1, -0.05) is 51.1 Å². The van der Waals surface area contributed by atoms with Crippen LogP contribution in [0.1, 0.15) is 39.7 Å². The molecule has 0 aromatic heterocycles.